The van der Waals surface area contributed by atoms with Gasteiger partial charge in [0.05, 0.1) is 26.3 Å². The molecule has 0 bridgehead atoms. The predicted molar refractivity (Wildman–Crippen MR) is 68.2 cm³/mol. The summed E-state index contributed by atoms with van der Waals surface area (Å²) in [7, 11) is 2.91. The van der Waals surface area contributed by atoms with Crippen LogP contribution in [0, 0.1) is 0 Å². The molecule has 0 aliphatic heterocycles. The number of amides is 1. The van der Waals surface area contributed by atoms with Crippen molar-refractivity contribution in [3.63, 3.8) is 0 Å². The molecule has 1 atom stereocenters. The van der Waals surface area contributed by atoms with Crippen molar-refractivity contribution in [1.82, 2.24) is 10.2 Å². The van der Waals surface area contributed by atoms with Crippen LogP contribution in [0.4, 0.5) is 0 Å². The maximum Gasteiger partial charge on any atom is 0.319 e. The van der Waals surface area contributed by atoms with Crippen LogP contribution >= 0.6 is 0 Å². The number of esters is 1. The van der Waals surface area contributed by atoms with E-state index in [2.05, 4.69) is 10.1 Å². The Morgan fingerprint density at radius 3 is 2.28 bits per heavy atom. The van der Waals surface area contributed by atoms with Crippen molar-refractivity contribution < 1.29 is 19.1 Å². The third-order valence-corrected chi connectivity index (χ3v) is 2.68. The van der Waals surface area contributed by atoms with Gasteiger partial charge in [-0.25, -0.2) is 0 Å². The fraction of sp³-hybridized carbons (Fsp3) is 0.833. The first kappa shape index (κ1) is 16.9. The van der Waals surface area contributed by atoms with Crippen molar-refractivity contribution >= 4 is 11.9 Å². The van der Waals surface area contributed by atoms with Gasteiger partial charge >= 0.3 is 5.97 Å². The molecule has 106 valence electrons. The molecule has 1 amide bonds. The van der Waals surface area contributed by atoms with E-state index in [1.807, 2.05) is 13.8 Å². The average Bonchev–Trinajstić information content (AvgIpc) is 2.34. The number of nitrogens with zero attached hydrogens (tertiary/aromatic N) is 1. The molecular formula is C12H24N2O4. The number of ether oxygens (including phenoxy) is 2. The van der Waals surface area contributed by atoms with Gasteiger partial charge in [-0.15, -0.1) is 0 Å². The second-order valence-corrected chi connectivity index (χ2v) is 4.30. The zero-order chi connectivity index (χ0) is 14.1. The first-order chi connectivity index (χ1) is 8.43. The Morgan fingerprint density at radius 2 is 1.83 bits per heavy atom. The maximum atomic E-state index is 11.9. The molecule has 1 N–H and O–H groups in total. The van der Waals surface area contributed by atoms with Gasteiger partial charge in [-0.05, 0) is 20.8 Å². The van der Waals surface area contributed by atoms with Gasteiger partial charge in [-0.2, -0.15) is 0 Å². The SMILES string of the molecule is COCCNC(=O)C(C)N(CC(=O)OC)C(C)C. The standard InChI is InChI=1S/C12H24N2O4/c1-9(2)14(8-11(15)18-5)10(3)12(16)13-6-7-17-4/h9-10H,6-8H2,1-5H3,(H,13,16). The minimum Gasteiger partial charge on any atom is -0.468 e. The normalized spacial score (nSPS) is 12.6. The lowest BCUT2D eigenvalue weighted by atomic mass is 10.2. The van der Waals surface area contributed by atoms with Gasteiger partial charge in [0.1, 0.15) is 0 Å². The smallest absolute Gasteiger partial charge is 0.319 e. The number of nitrogens with one attached hydrogen (secondary N) is 1. The van der Waals surface area contributed by atoms with E-state index in [1.54, 1.807) is 18.9 Å². The van der Waals surface area contributed by atoms with Crippen molar-refractivity contribution in [2.75, 3.05) is 33.9 Å². The molecule has 0 aliphatic carbocycles. The van der Waals surface area contributed by atoms with E-state index in [0.29, 0.717) is 13.2 Å². The predicted octanol–water partition coefficient (Wildman–Crippen LogP) is 0.0209. The number of carbonyl (C=O) groups is 2. The highest BCUT2D eigenvalue weighted by Crippen LogP contribution is 2.05. The van der Waals surface area contributed by atoms with Crippen LogP contribution in [-0.4, -0.2) is 62.8 Å². The van der Waals surface area contributed by atoms with Crippen molar-refractivity contribution in [2.24, 2.45) is 0 Å². The molecule has 18 heavy (non-hydrogen) atoms. The van der Waals surface area contributed by atoms with Gasteiger partial charge in [0.15, 0.2) is 0 Å². The summed E-state index contributed by atoms with van der Waals surface area (Å²) in [6.45, 7) is 6.67. The van der Waals surface area contributed by atoms with E-state index < -0.39 is 0 Å². The molecule has 0 aromatic carbocycles. The summed E-state index contributed by atoms with van der Waals surface area (Å²) in [6, 6.07) is -0.312. The third-order valence-electron chi connectivity index (χ3n) is 2.68. The minimum absolute atomic E-state index is 0.0762. The van der Waals surface area contributed by atoms with E-state index in [1.165, 1.54) is 7.11 Å². The lowest BCUT2D eigenvalue weighted by Gasteiger charge is -2.30. The van der Waals surface area contributed by atoms with Crippen LogP contribution in [-0.2, 0) is 19.1 Å². The number of carbonyl (C=O) groups excluding carboxylic acids is 2. The lowest BCUT2D eigenvalue weighted by Crippen LogP contribution is -2.50. The molecule has 0 aromatic rings. The van der Waals surface area contributed by atoms with E-state index >= 15 is 0 Å². The number of hydrogen-bond donors (Lipinski definition) is 1. The van der Waals surface area contributed by atoms with Crippen LogP contribution in [0.2, 0.25) is 0 Å². The summed E-state index contributed by atoms with van der Waals surface area (Å²) in [4.78, 5) is 25.0. The molecule has 0 aromatic heterocycles. The Hall–Kier alpha value is -1.14. The summed E-state index contributed by atoms with van der Waals surface area (Å²) in [5.41, 5.74) is 0. The highest BCUT2D eigenvalue weighted by atomic mass is 16.5. The van der Waals surface area contributed by atoms with Gasteiger partial charge in [-0.3, -0.25) is 14.5 Å². The summed E-state index contributed by atoms with van der Waals surface area (Å²) < 4.78 is 9.49. The fourth-order valence-electron chi connectivity index (χ4n) is 1.55. The first-order valence-corrected chi connectivity index (χ1v) is 6.03. The van der Waals surface area contributed by atoms with Crippen molar-refractivity contribution in [3.05, 3.63) is 0 Å². The Morgan fingerprint density at radius 1 is 1.22 bits per heavy atom. The van der Waals surface area contributed by atoms with Crippen LogP contribution in [0.1, 0.15) is 20.8 Å². The topological polar surface area (TPSA) is 67.9 Å². The Kier molecular flexibility index (Phi) is 8.32. The number of methoxy groups -OCH3 is 2. The minimum atomic E-state index is -0.388. The van der Waals surface area contributed by atoms with Crippen molar-refractivity contribution in [1.29, 1.82) is 0 Å². The van der Waals surface area contributed by atoms with E-state index in [-0.39, 0.29) is 30.5 Å². The molecule has 6 nitrogen and oxygen atoms in total. The largest absolute Gasteiger partial charge is 0.468 e. The molecular weight excluding hydrogens is 236 g/mol. The lowest BCUT2D eigenvalue weighted by molar-refractivity contribution is -0.144. The molecule has 0 saturated heterocycles. The van der Waals surface area contributed by atoms with E-state index in [9.17, 15) is 9.59 Å². The van der Waals surface area contributed by atoms with Crippen LogP contribution in [0.15, 0.2) is 0 Å². The molecule has 0 saturated carbocycles. The van der Waals surface area contributed by atoms with Crippen LogP contribution in [0.3, 0.4) is 0 Å². The van der Waals surface area contributed by atoms with Crippen LogP contribution in [0.5, 0.6) is 0 Å². The molecule has 0 radical (unpaired) electrons. The Balaban J connectivity index is 4.41. The fourth-order valence-corrected chi connectivity index (χ4v) is 1.55. The zero-order valence-corrected chi connectivity index (χ0v) is 11.9. The summed E-state index contributed by atoms with van der Waals surface area (Å²) in [6.07, 6.45) is 0. The van der Waals surface area contributed by atoms with Crippen molar-refractivity contribution in [2.45, 2.75) is 32.9 Å². The second kappa shape index (κ2) is 8.88. The number of hydrogen-bond acceptors (Lipinski definition) is 5. The highest BCUT2D eigenvalue weighted by Gasteiger charge is 2.25. The molecule has 6 heteroatoms. The molecule has 0 heterocycles. The Labute approximate surface area is 109 Å². The quantitative estimate of drug-likeness (QED) is 0.492. The molecule has 0 fully saturated rings. The Bertz CT molecular complexity index is 269. The number of rotatable bonds is 8. The van der Waals surface area contributed by atoms with Gasteiger partial charge in [0, 0.05) is 19.7 Å². The van der Waals surface area contributed by atoms with Gasteiger partial charge in [0.25, 0.3) is 0 Å². The molecule has 0 spiro atoms. The second-order valence-electron chi connectivity index (χ2n) is 4.30. The monoisotopic (exact) mass is 260 g/mol. The zero-order valence-electron chi connectivity index (χ0n) is 11.9. The summed E-state index contributed by atoms with van der Waals surface area (Å²) in [5, 5.41) is 2.75. The molecule has 0 rings (SSSR count). The molecule has 1 unspecified atom stereocenters. The van der Waals surface area contributed by atoms with Gasteiger partial charge in [-0.1, -0.05) is 0 Å². The highest BCUT2D eigenvalue weighted by molar-refractivity contribution is 5.82. The van der Waals surface area contributed by atoms with Crippen LogP contribution < -0.4 is 5.32 Å². The van der Waals surface area contributed by atoms with Crippen molar-refractivity contribution in [3.8, 4) is 0 Å². The van der Waals surface area contributed by atoms with Gasteiger partial charge in [0.2, 0.25) is 5.91 Å². The third kappa shape index (κ3) is 5.97. The first-order valence-electron chi connectivity index (χ1n) is 6.03. The van der Waals surface area contributed by atoms with E-state index in [4.69, 9.17) is 4.74 Å². The molecule has 0 aliphatic rings. The van der Waals surface area contributed by atoms with Crippen LogP contribution in [0.25, 0.3) is 0 Å². The van der Waals surface area contributed by atoms with E-state index in [0.717, 1.165) is 0 Å². The summed E-state index contributed by atoms with van der Waals surface area (Å²) >= 11 is 0. The summed E-state index contributed by atoms with van der Waals surface area (Å²) in [5.74, 6) is -0.468. The van der Waals surface area contributed by atoms with Gasteiger partial charge < -0.3 is 14.8 Å². The average molecular weight is 260 g/mol. The maximum absolute atomic E-state index is 11.9.